The lowest BCUT2D eigenvalue weighted by Gasteiger charge is -2.10. The molecule has 0 saturated heterocycles. The van der Waals surface area contributed by atoms with Gasteiger partial charge in [-0.25, -0.2) is 14.4 Å². The SMILES string of the molecule is Cc1c(N)ncnc1Oc1cc(F)c(Cl)cc1Br. The van der Waals surface area contributed by atoms with Crippen LogP contribution in [0.1, 0.15) is 5.56 Å². The zero-order valence-corrected chi connectivity index (χ0v) is 11.6. The van der Waals surface area contributed by atoms with Gasteiger partial charge in [0.05, 0.1) is 15.1 Å². The number of rotatable bonds is 2. The number of aromatic nitrogens is 2. The minimum atomic E-state index is -0.574. The number of anilines is 1. The number of halogens is 3. The van der Waals surface area contributed by atoms with Crippen LogP contribution < -0.4 is 10.5 Å². The smallest absolute Gasteiger partial charge is 0.227 e. The van der Waals surface area contributed by atoms with E-state index in [1.807, 2.05) is 0 Å². The summed E-state index contributed by atoms with van der Waals surface area (Å²) in [5, 5.41) is 0.00754. The van der Waals surface area contributed by atoms with Gasteiger partial charge in [-0.3, -0.25) is 0 Å². The van der Waals surface area contributed by atoms with Gasteiger partial charge in [0.15, 0.2) is 0 Å². The van der Waals surface area contributed by atoms with Crippen LogP contribution in [-0.2, 0) is 0 Å². The Kier molecular flexibility index (Phi) is 3.68. The van der Waals surface area contributed by atoms with Crippen molar-refractivity contribution in [3.05, 3.63) is 39.3 Å². The molecule has 18 heavy (non-hydrogen) atoms. The van der Waals surface area contributed by atoms with Crippen molar-refractivity contribution in [1.82, 2.24) is 9.97 Å². The molecule has 7 heteroatoms. The maximum absolute atomic E-state index is 13.4. The number of ether oxygens (including phenoxy) is 1. The molecule has 4 nitrogen and oxygen atoms in total. The van der Waals surface area contributed by atoms with Crippen LogP contribution in [-0.4, -0.2) is 9.97 Å². The van der Waals surface area contributed by atoms with E-state index < -0.39 is 5.82 Å². The Labute approximate surface area is 116 Å². The quantitative estimate of drug-likeness (QED) is 0.852. The molecule has 0 amide bonds. The summed E-state index contributed by atoms with van der Waals surface area (Å²) in [6, 6.07) is 2.58. The normalized spacial score (nSPS) is 10.4. The zero-order chi connectivity index (χ0) is 13.3. The molecule has 0 fully saturated rings. The van der Waals surface area contributed by atoms with E-state index in [0.717, 1.165) is 0 Å². The second kappa shape index (κ2) is 5.07. The molecule has 0 aliphatic heterocycles. The van der Waals surface area contributed by atoms with Crippen molar-refractivity contribution in [2.45, 2.75) is 6.92 Å². The number of hydrogen-bond donors (Lipinski definition) is 1. The third-order valence-electron chi connectivity index (χ3n) is 2.26. The third-order valence-corrected chi connectivity index (χ3v) is 3.17. The molecule has 1 aromatic carbocycles. The minimum Gasteiger partial charge on any atom is -0.437 e. The minimum absolute atomic E-state index is 0.00754. The van der Waals surface area contributed by atoms with Crippen molar-refractivity contribution in [2.24, 2.45) is 0 Å². The summed E-state index contributed by atoms with van der Waals surface area (Å²) >= 11 is 8.87. The highest BCUT2D eigenvalue weighted by molar-refractivity contribution is 9.10. The van der Waals surface area contributed by atoms with E-state index in [-0.39, 0.29) is 16.7 Å². The second-order valence-corrected chi connectivity index (χ2v) is 4.75. The van der Waals surface area contributed by atoms with Crippen molar-refractivity contribution in [3.8, 4) is 11.6 Å². The monoisotopic (exact) mass is 331 g/mol. The molecule has 1 heterocycles. The van der Waals surface area contributed by atoms with Gasteiger partial charge in [-0.2, -0.15) is 0 Å². The Balaban J connectivity index is 2.40. The van der Waals surface area contributed by atoms with E-state index in [0.29, 0.717) is 15.9 Å². The third kappa shape index (κ3) is 2.54. The van der Waals surface area contributed by atoms with Crippen LogP contribution in [0.3, 0.4) is 0 Å². The molecule has 94 valence electrons. The van der Waals surface area contributed by atoms with Crippen LogP contribution in [0, 0.1) is 12.7 Å². The summed E-state index contributed by atoms with van der Waals surface area (Å²) in [6.07, 6.45) is 1.28. The van der Waals surface area contributed by atoms with Gasteiger partial charge in [0.1, 0.15) is 23.7 Å². The van der Waals surface area contributed by atoms with Gasteiger partial charge in [0.25, 0.3) is 0 Å². The summed E-state index contributed by atoms with van der Waals surface area (Å²) < 4.78 is 19.4. The number of nitrogens with zero attached hydrogens (tertiary/aromatic N) is 2. The van der Waals surface area contributed by atoms with E-state index in [9.17, 15) is 4.39 Å². The first-order valence-electron chi connectivity index (χ1n) is 4.88. The Hall–Kier alpha value is -1.40. The largest absolute Gasteiger partial charge is 0.437 e. The first kappa shape index (κ1) is 13.0. The number of benzene rings is 1. The van der Waals surface area contributed by atoms with E-state index in [1.54, 1.807) is 6.92 Å². The predicted molar refractivity (Wildman–Crippen MR) is 70.4 cm³/mol. The van der Waals surface area contributed by atoms with Crippen molar-refractivity contribution in [2.75, 3.05) is 5.73 Å². The topological polar surface area (TPSA) is 61.0 Å². The number of hydrogen-bond acceptors (Lipinski definition) is 4. The standard InChI is InChI=1S/C11H8BrClFN3O/c1-5-10(15)16-4-17-11(5)18-9-3-8(14)7(13)2-6(9)12/h2-4H,1H3,(H2,15,16,17). The van der Waals surface area contributed by atoms with Gasteiger partial charge in [-0.05, 0) is 28.9 Å². The average molecular weight is 333 g/mol. The molecule has 2 aromatic rings. The molecule has 0 spiro atoms. The van der Waals surface area contributed by atoms with Crippen LogP contribution in [0.5, 0.6) is 11.6 Å². The predicted octanol–water partition coefficient (Wildman–Crippen LogP) is 3.71. The van der Waals surface area contributed by atoms with E-state index in [1.165, 1.54) is 18.5 Å². The summed E-state index contributed by atoms with van der Waals surface area (Å²) in [5.41, 5.74) is 6.21. The van der Waals surface area contributed by atoms with Crippen molar-refractivity contribution in [1.29, 1.82) is 0 Å². The molecule has 0 radical (unpaired) electrons. The first-order valence-corrected chi connectivity index (χ1v) is 6.05. The summed E-state index contributed by atoms with van der Waals surface area (Å²) in [7, 11) is 0. The average Bonchev–Trinajstić information content (AvgIpc) is 2.32. The van der Waals surface area contributed by atoms with Crippen molar-refractivity contribution in [3.63, 3.8) is 0 Å². The Morgan fingerprint density at radius 1 is 1.39 bits per heavy atom. The lowest BCUT2D eigenvalue weighted by molar-refractivity contribution is 0.450. The summed E-state index contributed by atoms with van der Waals surface area (Å²) in [5.74, 6) is 0.267. The molecule has 0 atom stereocenters. The van der Waals surface area contributed by atoms with Crippen molar-refractivity contribution < 1.29 is 9.13 Å². The van der Waals surface area contributed by atoms with E-state index in [4.69, 9.17) is 22.1 Å². The fourth-order valence-electron chi connectivity index (χ4n) is 1.24. The van der Waals surface area contributed by atoms with Crippen LogP contribution in [0.15, 0.2) is 22.9 Å². The van der Waals surface area contributed by atoms with Gasteiger partial charge in [-0.1, -0.05) is 11.6 Å². The molecule has 0 saturated carbocycles. The first-order chi connectivity index (χ1) is 8.49. The molecular weight excluding hydrogens is 324 g/mol. The second-order valence-electron chi connectivity index (χ2n) is 3.49. The lowest BCUT2D eigenvalue weighted by atomic mass is 10.3. The van der Waals surface area contributed by atoms with E-state index >= 15 is 0 Å². The number of nitrogens with two attached hydrogens (primary N) is 1. The van der Waals surface area contributed by atoms with Crippen LogP contribution in [0.25, 0.3) is 0 Å². The summed E-state index contributed by atoms with van der Waals surface area (Å²) in [6.45, 7) is 1.71. The number of nitrogen functional groups attached to an aromatic ring is 1. The fourth-order valence-corrected chi connectivity index (χ4v) is 1.96. The van der Waals surface area contributed by atoms with Gasteiger partial charge in [0.2, 0.25) is 5.88 Å². The van der Waals surface area contributed by atoms with Crippen molar-refractivity contribution >= 4 is 33.3 Å². The molecule has 2 rings (SSSR count). The summed E-state index contributed by atoms with van der Waals surface area (Å²) in [4.78, 5) is 7.75. The van der Waals surface area contributed by atoms with Gasteiger partial charge in [0, 0.05) is 6.07 Å². The maximum Gasteiger partial charge on any atom is 0.227 e. The van der Waals surface area contributed by atoms with Gasteiger partial charge in [-0.15, -0.1) is 0 Å². The molecule has 0 aliphatic rings. The van der Waals surface area contributed by atoms with Crippen LogP contribution in [0.4, 0.5) is 10.2 Å². The highest BCUT2D eigenvalue weighted by atomic mass is 79.9. The van der Waals surface area contributed by atoms with Crippen LogP contribution in [0.2, 0.25) is 5.02 Å². The van der Waals surface area contributed by atoms with Crippen LogP contribution >= 0.6 is 27.5 Å². The Morgan fingerprint density at radius 3 is 2.83 bits per heavy atom. The highest BCUT2D eigenvalue weighted by Crippen LogP contribution is 2.34. The fraction of sp³-hybridized carbons (Fsp3) is 0.0909. The molecule has 2 N–H and O–H groups in total. The molecule has 0 unspecified atom stereocenters. The maximum atomic E-state index is 13.4. The molecule has 1 aromatic heterocycles. The van der Waals surface area contributed by atoms with E-state index in [2.05, 4.69) is 25.9 Å². The highest BCUT2D eigenvalue weighted by Gasteiger charge is 2.12. The molecule has 0 bridgehead atoms. The van der Waals surface area contributed by atoms with Gasteiger partial charge >= 0.3 is 0 Å². The Bertz CT molecular complexity index is 609. The Morgan fingerprint density at radius 2 is 2.11 bits per heavy atom. The lowest BCUT2D eigenvalue weighted by Crippen LogP contribution is -1.99. The molecule has 0 aliphatic carbocycles. The zero-order valence-electron chi connectivity index (χ0n) is 9.25. The molecular formula is C11H8BrClFN3O. The van der Waals surface area contributed by atoms with Gasteiger partial charge < -0.3 is 10.5 Å².